The molecule has 1 amide bonds. The lowest BCUT2D eigenvalue weighted by Gasteiger charge is -2.20. The minimum Gasteiger partial charge on any atom is -0.352 e. The van der Waals surface area contributed by atoms with Gasteiger partial charge in [0.15, 0.2) is 0 Å². The van der Waals surface area contributed by atoms with Crippen molar-refractivity contribution in [2.75, 3.05) is 6.54 Å². The van der Waals surface area contributed by atoms with E-state index >= 15 is 0 Å². The monoisotopic (exact) mass is 192 g/mol. The lowest BCUT2D eigenvalue weighted by Crippen LogP contribution is -2.30. The van der Waals surface area contributed by atoms with E-state index in [4.69, 9.17) is 0 Å². The highest BCUT2D eigenvalue weighted by Crippen LogP contribution is 2.21. The van der Waals surface area contributed by atoms with Gasteiger partial charge < -0.3 is 9.88 Å². The summed E-state index contributed by atoms with van der Waals surface area (Å²) in [5.41, 5.74) is 2.06. The van der Waals surface area contributed by atoms with Crippen molar-refractivity contribution in [1.29, 1.82) is 0 Å². The molecule has 0 saturated heterocycles. The molecule has 1 aliphatic rings. The van der Waals surface area contributed by atoms with E-state index in [1.165, 1.54) is 5.56 Å². The molecule has 0 bridgehead atoms. The van der Waals surface area contributed by atoms with Crippen LogP contribution in [0.3, 0.4) is 0 Å². The molecule has 0 unspecified atom stereocenters. The molecule has 2 rings (SSSR count). The number of hydrogen-bond acceptors (Lipinski definition) is 1. The Kier molecular flexibility index (Phi) is 1.91. The fourth-order valence-corrected chi connectivity index (χ4v) is 1.69. The van der Waals surface area contributed by atoms with E-state index in [0.29, 0.717) is 0 Å². The quantitative estimate of drug-likeness (QED) is 0.664. The van der Waals surface area contributed by atoms with Crippen molar-refractivity contribution in [1.82, 2.24) is 9.88 Å². The summed E-state index contributed by atoms with van der Waals surface area (Å²) in [7, 11) is 0. The second-order valence-corrected chi connectivity index (χ2v) is 4.78. The molecule has 1 N–H and O–H groups in total. The van der Waals surface area contributed by atoms with Crippen LogP contribution in [0.25, 0.3) is 0 Å². The fraction of sp³-hybridized carbons (Fsp3) is 0.545. The number of hydrogen-bond donors (Lipinski definition) is 1. The Balaban J connectivity index is 2.45. The van der Waals surface area contributed by atoms with Crippen LogP contribution in [0.1, 0.15) is 36.7 Å². The van der Waals surface area contributed by atoms with Crippen molar-refractivity contribution in [3.63, 3.8) is 0 Å². The zero-order valence-electron chi connectivity index (χ0n) is 8.92. The number of carbonyl (C=O) groups is 1. The minimum atomic E-state index is 0.0532. The van der Waals surface area contributed by atoms with Gasteiger partial charge in [0.2, 0.25) is 0 Å². The van der Waals surface area contributed by atoms with E-state index in [0.717, 1.165) is 18.5 Å². The second-order valence-electron chi connectivity index (χ2n) is 4.78. The maximum atomic E-state index is 11.5. The summed E-state index contributed by atoms with van der Waals surface area (Å²) in [5.74, 6) is 0.0641. The normalized spacial score (nSPS) is 16.4. The van der Waals surface area contributed by atoms with Crippen LogP contribution in [-0.2, 0) is 12.0 Å². The molecule has 76 valence electrons. The van der Waals surface area contributed by atoms with Gasteiger partial charge in [-0.15, -0.1) is 0 Å². The minimum absolute atomic E-state index is 0.0532. The van der Waals surface area contributed by atoms with Gasteiger partial charge in [0.05, 0.1) is 5.56 Å². The first-order valence-corrected chi connectivity index (χ1v) is 4.98. The van der Waals surface area contributed by atoms with Crippen molar-refractivity contribution in [3.05, 3.63) is 23.5 Å². The number of rotatable bonds is 0. The third kappa shape index (κ3) is 1.43. The number of fused-ring (bicyclic) bond motifs is 1. The van der Waals surface area contributed by atoms with Gasteiger partial charge in [-0.05, 0) is 32.8 Å². The largest absolute Gasteiger partial charge is 0.352 e. The third-order valence-corrected chi connectivity index (χ3v) is 2.61. The molecular weight excluding hydrogens is 176 g/mol. The van der Waals surface area contributed by atoms with Crippen LogP contribution in [0.4, 0.5) is 0 Å². The first-order chi connectivity index (χ1) is 6.48. The third-order valence-electron chi connectivity index (χ3n) is 2.61. The molecular formula is C11H16N2O. The lowest BCUT2D eigenvalue weighted by atomic mass is 10.1. The number of aromatic nitrogens is 1. The van der Waals surface area contributed by atoms with E-state index in [1.807, 2.05) is 6.20 Å². The highest BCUT2D eigenvalue weighted by atomic mass is 16.1. The Bertz CT molecular complexity index is 371. The maximum Gasteiger partial charge on any atom is 0.253 e. The smallest absolute Gasteiger partial charge is 0.253 e. The molecule has 0 radical (unpaired) electrons. The molecule has 14 heavy (non-hydrogen) atoms. The molecule has 1 aromatic heterocycles. The van der Waals surface area contributed by atoms with Crippen molar-refractivity contribution in [2.24, 2.45) is 0 Å². The van der Waals surface area contributed by atoms with Crippen LogP contribution in [0, 0.1) is 0 Å². The Morgan fingerprint density at radius 2 is 2.07 bits per heavy atom. The summed E-state index contributed by atoms with van der Waals surface area (Å²) in [6.45, 7) is 7.17. The standard InChI is InChI=1S/C11H16N2O/c1-11(2,3)13-6-8-4-5-12-10(14)9(8)7-13/h6-7H,4-5H2,1-3H3,(H,12,14). The van der Waals surface area contributed by atoms with Gasteiger partial charge in [-0.1, -0.05) is 0 Å². The van der Waals surface area contributed by atoms with E-state index in [-0.39, 0.29) is 11.4 Å². The highest BCUT2D eigenvalue weighted by molar-refractivity contribution is 5.96. The number of nitrogens with zero attached hydrogens (tertiary/aromatic N) is 1. The second kappa shape index (κ2) is 2.87. The van der Waals surface area contributed by atoms with Crippen LogP contribution in [-0.4, -0.2) is 17.0 Å². The van der Waals surface area contributed by atoms with Crippen LogP contribution in [0.2, 0.25) is 0 Å². The summed E-state index contributed by atoms with van der Waals surface area (Å²) >= 11 is 0. The van der Waals surface area contributed by atoms with Gasteiger partial charge in [0.1, 0.15) is 0 Å². The van der Waals surface area contributed by atoms with E-state index in [9.17, 15) is 4.79 Å². The molecule has 0 aromatic carbocycles. The van der Waals surface area contributed by atoms with Crippen LogP contribution in [0.15, 0.2) is 12.4 Å². The first kappa shape index (κ1) is 9.31. The van der Waals surface area contributed by atoms with Gasteiger partial charge in [0, 0.05) is 24.5 Å². The van der Waals surface area contributed by atoms with Gasteiger partial charge in [-0.25, -0.2) is 0 Å². The molecule has 3 nitrogen and oxygen atoms in total. The van der Waals surface area contributed by atoms with Crippen molar-refractivity contribution in [2.45, 2.75) is 32.7 Å². The van der Waals surface area contributed by atoms with Crippen LogP contribution < -0.4 is 5.32 Å². The van der Waals surface area contributed by atoms with Crippen LogP contribution in [0.5, 0.6) is 0 Å². The zero-order chi connectivity index (χ0) is 10.3. The van der Waals surface area contributed by atoms with Gasteiger partial charge in [-0.3, -0.25) is 4.79 Å². The average Bonchev–Trinajstić information content (AvgIpc) is 2.48. The summed E-state index contributed by atoms with van der Waals surface area (Å²) < 4.78 is 2.11. The molecule has 0 fully saturated rings. The molecule has 3 heteroatoms. The predicted molar refractivity (Wildman–Crippen MR) is 55.5 cm³/mol. The molecule has 0 saturated carbocycles. The summed E-state index contributed by atoms with van der Waals surface area (Å²) in [4.78, 5) is 11.5. The number of carbonyl (C=O) groups excluding carboxylic acids is 1. The van der Waals surface area contributed by atoms with Gasteiger partial charge >= 0.3 is 0 Å². The molecule has 1 aromatic rings. The van der Waals surface area contributed by atoms with Gasteiger partial charge in [-0.2, -0.15) is 0 Å². The van der Waals surface area contributed by atoms with E-state index < -0.39 is 0 Å². The average molecular weight is 192 g/mol. The van der Waals surface area contributed by atoms with Crippen molar-refractivity contribution in [3.8, 4) is 0 Å². The molecule has 0 spiro atoms. The summed E-state index contributed by atoms with van der Waals surface area (Å²) in [6.07, 6.45) is 4.99. The number of nitrogens with one attached hydrogen (secondary N) is 1. The topological polar surface area (TPSA) is 34.0 Å². The fourth-order valence-electron chi connectivity index (χ4n) is 1.69. The van der Waals surface area contributed by atoms with Gasteiger partial charge in [0.25, 0.3) is 5.91 Å². The number of amides is 1. The summed E-state index contributed by atoms with van der Waals surface area (Å²) in [5, 5.41) is 2.85. The SMILES string of the molecule is CC(C)(C)n1cc2c(c1)C(=O)NCC2. The zero-order valence-corrected chi connectivity index (χ0v) is 8.92. The van der Waals surface area contributed by atoms with Crippen LogP contribution >= 0.6 is 0 Å². The Morgan fingerprint density at radius 1 is 1.36 bits per heavy atom. The molecule has 2 heterocycles. The van der Waals surface area contributed by atoms with E-state index in [1.54, 1.807) is 0 Å². The molecule has 0 atom stereocenters. The highest BCUT2D eigenvalue weighted by Gasteiger charge is 2.22. The molecule has 1 aliphatic heterocycles. The Morgan fingerprint density at radius 3 is 2.64 bits per heavy atom. The van der Waals surface area contributed by atoms with E-state index in [2.05, 4.69) is 36.9 Å². The predicted octanol–water partition coefficient (Wildman–Crippen LogP) is 1.53. The first-order valence-electron chi connectivity index (χ1n) is 4.98. The lowest BCUT2D eigenvalue weighted by molar-refractivity contribution is 0.0946. The maximum absolute atomic E-state index is 11.5. The summed E-state index contributed by atoms with van der Waals surface area (Å²) in [6, 6.07) is 0. The van der Waals surface area contributed by atoms with Crippen molar-refractivity contribution < 1.29 is 4.79 Å². The van der Waals surface area contributed by atoms with Crippen molar-refractivity contribution >= 4 is 5.91 Å². The Hall–Kier alpha value is -1.25. The Labute approximate surface area is 84.1 Å². The molecule has 0 aliphatic carbocycles.